The Kier molecular flexibility index (Phi) is 5.85. The topological polar surface area (TPSA) is 37.8 Å². The van der Waals surface area contributed by atoms with Crippen LogP contribution in [-0.4, -0.2) is 23.1 Å². The Morgan fingerprint density at radius 1 is 1.12 bits per heavy atom. The summed E-state index contributed by atoms with van der Waals surface area (Å²) in [7, 11) is 0. The molecule has 0 saturated carbocycles. The second-order valence-electron chi connectivity index (χ2n) is 6.63. The number of hydrogen-bond donors (Lipinski definition) is 1. The molecule has 0 unspecified atom stereocenters. The third-order valence-corrected chi connectivity index (χ3v) is 5.38. The molecule has 1 saturated heterocycles. The molecule has 1 aromatic carbocycles. The van der Waals surface area contributed by atoms with Gasteiger partial charge in [-0.15, -0.1) is 0 Å². The van der Waals surface area contributed by atoms with Crippen molar-refractivity contribution in [2.45, 2.75) is 50.9 Å². The van der Waals surface area contributed by atoms with Crippen LogP contribution in [0.25, 0.3) is 0 Å². The normalized spacial score (nSPS) is 16.9. The molecule has 4 heteroatoms. The van der Waals surface area contributed by atoms with Gasteiger partial charge in [-0.2, -0.15) is 0 Å². The van der Waals surface area contributed by atoms with E-state index in [0.717, 1.165) is 55.3 Å². The summed E-state index contributed by atoms with van der Waals surface area (Å²) in [6.07, 6.45) is 8.51. The lowest BCUT2D eigenvalue weighted by atomic mass is 9.70. The molecule has 128 valence electrons. The molecule has 1 fully saturated rings. The molecular weight excluding hydrogens is 318 g/mol. The molecule has 0 amide bonds. The van der Waals surface area contributed by atoms with Gasteiger partial charge < -0.3 is 5.32 Å². The predicted octanol–water partition coefficient (Wildman–Crippen LogP) is 4.53. The van der Waals surface area contributed by atoms with E-state index in [-0.39, 0.29) is 5.41 Å². The minimum absolute atomic E-state index is 0.105. The lowest BCUT2D eigenvalue weighted by Gasteiger charge is -2.38. The number of nitrogens with one attached hydrogen (secondary N) is 1. The minimum atomic E-state index is -0.105. The highest BCUT2D eigenvalue weighted by Gasteiger charge is 2.38. The molecule has 1 aliphatic heterocycles. The van der Waals surface area contributed by atoms with Gasteiger partial charge in [-0.05, 0) is 50.0 Å². The highest BCUT2D eigenvalue weighted by Crippen LogP contribution is 2.42. The Bertz CT molecular complexity index is 665. The maximum atomic E-state index is 6.58. The van der Waals surface area contributed by atoms with Crippen molar-refractivity contribution in [1.29, 1.82) is 0 Å². The zero-order valence-corrected chi connectivity index (χ0v) is 15.1. The average molecular weight is 344 g/mol. The summed E-state index contributed by atoms with van der Waals surface area (Å²) in [5.41, 5.74) is 2.22. The van der Waals surface area contributed by atoms with E-state index in [9.17, 15) is 0 Å². The van der Waals surface area contributed by atoms with E-state index in [1.807, 2.05) is 18.3 Å². The monoisotopic (exact) mass is 343 g/mol. The molecule has 2 heterocycles. The molecule has 1 aromatic heterocycles. The Hall–Kier alpha value is -1.45. The van der Waals surface area contributed by atoms with Crippen LogP contribution in [0.1, 0.15) is 56.1 Å². The molecule has 24 heavy (non-hydrogen) atoms. The first kappa shape index (κ1) is 17.4. The third-order valence-electron chi connectivity index (χ3n) is 5.05. The van der Waals surface area contributed by atoms with E-state index in [2.05, 4.69) is 35.4 Å². The summed E-state index contributed by atoms with van der Waals surface area (Å²) >= 11 is 6.58. The molecule has 3 nitrogen and oxygen atoms in total. The second kappa shape index (κ2) is 8.09. The summed E-state index contributed by atoms with van der Waals surface area (Å²) in [5.74, 6) is 0.964. The van der Waals surface area contributed by atoms with Crippen LogP contribution in [0.15, 0.2) is 36.5 Å². The Morgan fingerprint density at radius 3 is 2.67 bits per heavy atom. The number of rotatable bonds is 6. The maximum absolute atomic E-state index is 6.58. The molecule has 0 bridgehead atoms. The number of benzene rings is 1. The Balaban J connectivity index is 1.98. The zero-order valence-electron chi connectivity index (χ0n) is 14.4. The Labute approximate surface area is 149 Å². The molecule has 1 aliphatic rings. The third kappa shape index (κ3) is 3.62. The molecule has 0 aliphatic carbocycles. The van der Waals surface area contributed by atoms with Crippen molar-refractivity contribution >= 4 is 11.6 Å². The number of aryl methyl sites for hydroxylation is 1. The fourth-order valence-corrected chi connectivity index (χ4v) is 4.00. The van der Waals surface area contributed by atoms with Gasteiger partial charge in [-0.25, -0.2) is 9.97 Å². The summed E-state index contributed by atoms with van der Waals surface area (Å²) < 4.78 is 0. The zero-order chi connectivity index (χ0) is 16.8. The molecule has 0 radical (unpaired) electrons. The second-order valence-corrected chi connectivity index (χ2v) is 7.03. The van der Waals surface area contributed by atoms with Crippen LogP contribution in [0.2, 0.25) is 5.02 Å². The fourth-order valence-electron chi connectivity index (χ4n) is 3.69. The number of hydrogen-bond acceptors (Lipinski definition) is 3. The van der Waals surface area contributed by atoms with Crippen LogP contribution < -0.4 is 5.32 Å². The molecule has 1 N–H and O–H groups in total. The van der Waals surface area contributed by atoms with E-state index in [1.165, 1.54) is 18.4 Å². The minimum Gasteiger partial charge on any atom is -0.317 e. The largest absolute Gasteiger partial charge is 0.317 e. The van der Waals surface area contributed by atoms with E-state index in [0.29, 0.717) is 0 Å². The van der Waals surface area contributed by atoms with E-state index >= 15 is 0 Å². The van der Waals surface area contributed by atoms with Crippen molar-refractivity contribution in [3.05, 3.63) is 58.6 Å². The number of nitrogens with zero attached hydrogens (tertiary/aromatic N) is 2. The van der Waals surface area contributed by atoms with Crippen molar-refractivity contribution in [3.63, 3.8) is 0 Å². The number of piperidine rings is 1. The molecule has 3 rings (SSSR count). The quantitative estimate of drug-likeness (QED) is 0.783. The van der Waals surface area contributed by atoms with Crippen LogP contribution in [-0.2, 0) is 11.8 Å². The lowest BCUT2D eigenvalue weighted by molar-refractivity contribution is 0.353. The molecule has 2 aromatic rings. The summed E-state index contributed by atoms with van der Waals surface area (Å²) in [5, 5.41) is 4.31. The van der Waals surface area contributed by atoms with Gasteiger partial charge >= 0.3 is 0 Å². The van der Waals surface area contributed by atoms with Gasteiger partial charge in [0, 0.05) is 23.1 Å². The SMILES string of the molecule is CCCCCc1nccc(C2(c3ccccc3Cl)CCNCC2)n1. The van der Waals surface area contributed by atoms with Crippen LogP contribution in [0.5, 0.6) is 0 Å². The highest BCUT2D eigenvalue weighted by atomic mass is 35.5. The fraction of sp³-hybridized carbons (Fsp3) is 0.500. The van der Waals surface area contributed by atoms with Gasteiger partial charge in [0.1, 0.15) is 5.82 Å². The number of halogens is 1. The van der Waals surface area contributed by atoms with Crippen LogP contribution in [0, 0.1) is 0 Å². The highest BCUT2D eigenvalue weighted by molar-refractivity contribution is 6.31. The van der Waals surface area contributed by atoms with Crippen molar-refractivity contribution in [3.8, 4) is 0 Å². The van der Waals surface area contributed by atoms with Crippen LogP contribution in [0.3, 0.4) is 0 Å². The van der Waals surface area contributed by atoms with E-state index in [1.54, 1.807) is 0 Å². The predicted molar refractivity (Wildman–Crippen MR) is 99.6 cm³/mol. The maximum Gasteiger partial charge on any atom is 0.128 e. The van der Waals surface area contributed by atoms with Gasteiger partial charge in [0.2, 0.25) is 0 Å². The van der Waals surface area contributed by atoms with Crippen molar-refractivity contribution < 1.29 is 0 Å². The molecular formula is C20H26ClN3. The summed E-state index contributed by atoms with van der Waals surface area (Å²) in [4.78, 5) is 9.45. The summed E-state index contributed by atoms with van der Waals surface area (Å²) in [6.45, 7) is 4.19. The van der Waals surface area contributed by atoms with Gasteiger partial charge in [0.05, 0.1) is 5.69 Å². The van der Waals surface area contributed by atoms with Gasteiger partial charge in [0.15, 0.2) is 0 Å². The smallest absolute Gasteiger partial charge is 0.128 e. The van der Waals surface area contributed by atoms with Crippen LogP contribution >= 0.6 is 11.6 Å². The average Bonchev–Trinajstić information content (AvgIpc) is 2.63. The van der Waals surface area contributed by atoms with Crippen molar-refractivity contribution in [2.75, 3.05) is 13.1 Å². The van der Waals surface area contributed by atoms with Gasteiger partial charge in [0.25, 0.3) is 0 Å². The van der Waals surface area contributed by atoms with Gasteiger partial charge in [-0.1, -0.05) is 49.6 Å². The van der Waals surface area contributed by atoms with Crippen molar-refractivity contribution in [1.82, 2.24) is 15.3 Å². The van der Waals surface area contributed by atoms with E-state index < -0.39 is 0 Å². The molecule has 0 spiro atoms. The Morgan fingerprint density at radius 2 is 1.92 bits per heavy atom. The number of aromatic nitrogens is 2. The molecule has 0 atom stereocenters. The summed E-state index contributed by atoms with van der Waals surface area (Å²) in [6, 6.07) is 10.3. The first-order valence-corrected chi connectivity index (χ1v) is 9.42. The standard InChI is InChI=1S/C20H26ClN3/c1-2-3-4-9-19-23-13-10-18(24-19)20(11-14-22-15-12-20)16-7-5-6-8-17(16)21/h5-8,10,13,22H,2-4,9,11-12,14-15H2,1H3. The first-order valence-electron chi connectivity index (χ1n) is 9.04. The van der Waals surface area contributed by atoms with E-state index in [4.69, 9.17) is 16.6 Å². The van der Waals surface area contributed by atoms with Gasteiger partial charge in [-0.3, -0.25) is 0 Å². The van der Waals surface area contributed by atoms with Crippen molar-refractivity contribution in [2.24, 2.45) is 0 Å². The lowest BCUT2D eigenvalue weighted by Crippen LogP contribution is -2.41. The number of unbranched alkanes of at least 4 members (excludes halogenated alkanes) is 2. The first-order chi connectivity index (χ1) is 11.8. The van der Waals surface area contributed by atoms with Crippen LogP contribution in [0.4, 0.5) is 0 Å².